The van der Waals surface area contributed by atoms with Crippen LogP contribution in [0.4, 0.5) is 10.1 Å². The Bertz CT molecular complexity index is 487. The Balaban J connectivity index is 2.17. The molecule has 18 heavy (non-hydrogen) atoms. The molecule has 1 saturated heterocycles. The number of carbonyl (C=O) groups excluding carboxylic acids is 1. The van der Waals surface area contributed by atoms with Gasteiger partial charge in [0.05, 0.1) is 10.9 Å². The van der Waals surface area contributed by atoms with Crippen LogP contribution in [0.15, 0.2) is 18.2 Å². The molecular formula is C12H13FN2OS2. The number of hydrogen-bond donors (Lipinski definition) is 2. The quantitative estimate of drug-likeness (QED) is 0.836. The Morgan fingerprint density at radius 3 is 2.94 bits per heavy atom. The maximum Gasteiger partial charge on any atom is 0.237 e. The van der Waals surface area contributed by atoms with Gasteiger partial charge in [-0.2, -0.15) is 0 Å². The third-order valence-corrected chi connectivity index (χ3v) is 4.32. The molecule has 1 aliphatic rings. The lowest BCUT2D eigenvalue weighted by molar-refractivity contribution is -0.115. The number of hydrogen-bond acceptors (Lipinski definition) is 3. The summed E-state index contributed by atoms with van der Waals surface area (Å²) in [5, 5.41) is 2.73. The van der Waals surface area contributed by atoms with Crippen LogP contribution in [0.5, 0.6) is 0 Å². The fraction of sp³-hybridized carbons (Fsp3) is 0.333. The van der Waals surface area contributed by atoms with Crippen molar-refractivity contribution >= 4 is 40.6 Å². The lowest BCUT2D eigenvalue weighted by Crippen LogP contribution is -2.25. The van der Waals surface area contributed by atoms with Crippen molar-refractivity contribution in [2.24, 2.45) is 5.73 Å². The molecule has 96 valence electrons. The largest absolute Gasteiger partial charge is 0.389 e. The van der Waals surface area contributed by atoms with Gasteiger partial charge in [-0.25, -0.2) is 4.39 Å². The van der Waals surface area contributed by atoms with E-state index in [9.17, 15) is 9.18 Å². The van der Waals surface area contributed by atoms with E-state index in [1.54, 1.807) is 11.8 Å². The highest BCUT2D eigenvalue weighted by Gasteiger charge is 2.24. The Morgan fingerprint density at radius 1 is 1.56 bits per heavy atom. The van der Waals surface area contributed by atoms with Gasteiger partial charge in [0.2, 0.25) is 5.91 Å². The SMILES string of the molecule is NC(=S)c1cc(F)ccc1NC(=O)C1CCCS1. The molecule has 3 nitrogen and oxygen atoms in total. The second-order valence-corrected chi connectivity index (χ2v) is 5.80. The van der Waals surface area contributed by atoms with Crippen LogP contribution in [0, 0.1) is 5.82 Å². The summed E-state index contributed by atoms with van der Waals surface area (Å²) in [5.74, 6) is 0.511. The molecule has 1 aromatic carbocycles. The Hall–Kier alpha value is -1.14. The van der Waals surface area contributed by atoms with Gasteiger partial charge in [-0.3, -0.25) is 4.79 Å². The number of carbonyl (C=O) groups is 1. The number of thiocarbonyl (C=S) groups is 1. The minimum atomic E-state index is -0.425. The van der Waals surface area contributed by atoms with Gasteiger partial charge >= 0.3 is 0 Å². The van der Waals surface area contributed by atoms with Gasteiger partial charge in [-0.05, 0) is 36.8 Å². The van der Waals surface area contributed by atoms with E-state index >= 15 is 0 Å². The second-order valence-electron chi connectivity index (χ2n) is 4.05. The molecule has 1 unspecified atom stereocenters. The first-order valence-corrected chi connectivity index (χ1v) is 7.05. The fourth-order valence-corrected chi connectivity index (χ4v) is 3.16. The van der Waals surface area contributed by atoms with Gasteiger partial charge < -0.3 is 11.1 Å². The van der Waals surface area contributed by atoms with Crippen molar-refractivity contribution in [2.45, 2.75) is 18.1 Å². The Morgan fingerprint density at radius 2 is 2.33 bits per heavy atom. The molecule has 0 radical (unpaired) electrons. The molecule has 1 amide bonds. The fourth-order valence-electron chi connectivity index (χ4n) is 1.83. The lowest BCUT2D eigenvalue weighted by atomic mass is 10.1. The van der Waals surface area contributed by atoms with Crippen LogP contribution in [0.3, 0.4) is 0 Å². The summed E-state index contributed by atoms with van der Waals surface area (Å²) in [6.45, 7) is 0. The number of rotatable bonds is 3. The molecule has 1 heterocycles. The number of halogens is 1. The number of nitrogens with one attached hydrogen (secondary N) is 1. The third-order valence-electron chi connectivity index (χ3n) is 2.73. The van der Waals surface area contributed by atoms with E-state index in [0.717, 1.165) is 18.6 Å². The summed E-state index contributed by atoms with van der Waals surface area (Å²) < 4.78 is 13.1. The highest BCUT2D eigenvalue weighted by Crippen LogP contribution is 2.28. The maximum atomic E-state index is 13.1. The molecule has 0 saturated carbocycles. The molecule has 1 fully saturated rings. The monoisotopic (exact) mass is 284 g/mol. The Labute approximate surface area is 114 Å². The van der Waals surface area contributed by atoms with Crippen molar-refractivity contribution in [3.63, 3.8) is 0 Å². The van der Waals surface area contributed by atoms with Crippen LogP contribution in [0.2, 0.25) is 0 Å². The van der Waals surface area contributed by atoms with Crippen molar-refractivity contribution < 1.29 is 9.18 Å². The van der Waals surface area contributed by atoms with E-state index in [0.29, 0.717) is 11.3 Å². The maximum absolute atomic E-state index is 13.1. The van der Waals surface area contributed by atoms with E-state index in [-0.39, 0.29) is 16.1 Å². The first kappa shape index (κ1) is 13.3. The summed E-state index contributed by atoms with van der Waals surface area (Å²) in [4.78, 5) is 12.0. The molecule has 1 aliphatic heterocycles. The topological polar surface area (TPSA) is 55.1 Å². The van der Waals surface area contributed by atoms with Gasteiger partial charge in [0.15, 0.2) is 0 Å². The summed E-state index contributed by atoms with van der Waals surface area (Å²) >= 11 is 6.49. The van der Waals surface area contributed by atoms with E-state index in [4.69, 9.17) is 18.0 Å². The van der Waals surface area contributed by atoms with Crippen LogP contribution >= 0.6 is 24.0 Å². The van der Waals surface area contributed by atoms with Crippen LogP contribution in [0.25, 0.3) is 0 Å². The minimum Gasteiger partial charge on any atom is -0.389 e. The van der Waals surface area contributed by atoms with Crippen LogP contribution in [0.1, 0.15) is 18.4 Å². The molecule has 1 atom stereocenters. The smallest absolute Gasteiger partial charge is 0.237 e. The Kier molecular flexibility index (Phi) is 4.19. The molecule has 3 N–H and O–H groups in total. The summed E-state index contributed by atoms with van der Waals surface area (Å²) in [5.41, 5.74) is 6.36. The van der Waals surface area contributed by atoms with Crippen molar-refractivity contribution in [2.75, 3.05) is 11.1 Å². The van der Waals surface area contributed by atoms with Crippen molar-refractivity contribution in [3.05, 3.63) is 29.6 Å². The predicted molar refractivity (Wildman–Crippen MR) is 76.4 cm³/mol. The third kappa shape index (κ3) is 3.00. The lowest BCUT2D eigenvalue weighted by Gasteiger charge is -2.13. The van der Waals surface area contributed by atoms with Gasteiger partial charge in [-0.15, -0.1) is 11.8 Å². The predicted octanol–water partition coefficient (Wildman–Crippen LogP) is 2.29. The van der Waals surface area contributed by atoms with Gasteiger partial charge in [-0.1, -0.05) is 12.2 Å². The first-order valence-electron chi connectivity index (χ1n) is 5.60. The molecule has 0 aliphatic carbocycles. The number of anilines is 1. The summed E-state index contributed by atoms with van der Waals surface area (Å²) in [7, 11) is 0. The average Bonchev–Trinajstić information content (AvgIpc) is 2.84. The van der Waals surface area contributed by atoms with Crippen LogP contribution < -0.4 is 11.1 Å². The minimum absolute atomic E-state index is 0.0331. The molecule has 0 spiro atoms. The zero-order valence-corrected chi connectivity index (χ0v) is 11.2. The molecule has 1 aromatic rings. The highest BCUT2D eigenvalue weighted by atomic mass is 32.2. The molecule has 2 rings (SSSR count). The van der Waals surface area contributed by atoms with E-state index in [1.165, 1.54) is 18.2 Å². The van der Waals surface area contributed by atoms with E-state index in [1.807, 2.05) is 0 Å². The molecule has 0 bridgehead atoms. The van der Waals surface area contributed by atoms with Gasteiger partial charge in [0.25, 0.3) is 0 Å². The number of nitrogens with two attached hydrogens (primary N) is 1. The zero-order valence-electron chi connectivity index (χ0n) is 9.61. The zero-order chi connectivity index (χ0) is 13.1. The molecule has 6 heteroatoms. The average molecular weight is 284 g/mol. The molecule has 0 aromatic heterocycles. The van der Waals surface area contributed by atoms with Crippen molar-refractivity contribution in [1.29, 1.82) is 0 Å². The highest BCUT2D eigenvalue weighted by molar-refractivity contribution is 8.00. The summed E-state index contributed by atoms with van der Waals surface area (Å²) in [6.07, 6.45) is 1.93. The second kappa shape index (κ2) is 5.67. The van der Waals surface area contributed by atoms with Crippen molar-refractivity contribution in [3.8, 4) is 0 Å². The van der Waals surface area contributed by atoms with Crippen LogP contribution in [-0.2, 0) is 4.79 Å². The first-order chi connectivity index (χ1) is 8.58. The number of thioether (sulfide) groups is 1. The van der Waals surface area contributed by atoms with Gasteiger partial charge in [0.1, 0.15) is 10.8 Å². The van der Waals surface area contributed by atoms with Crippen LogP contribution in [-0.4, -0.2) is 21.9 Å². The standard InChI is InChI=1S/C12H13FN2OS2/c13-7-3-4-9(8(6-7)11(14)17)15-12(16)10-2-1-5-18-10/h3-4,6,10H,1-2,5H2,(H2,14,17)(H,15,16). The van der Waals surface area contributed by atoms with Crippen molar-refractivity contribution in [1.82, 2.24) is 0 Å². The number of benzene rings is 1. The molecular weight excluding hydrogens is 271 g/mol. The normalized spacial score (nSPS) is 18.6. The van der Waals surface area contributed by atoms with E-state index in [2.05, 4.69) is 5.32 Å². The summed E-state index contributed by atoms with van der Waals surface area (Å²) in [6, 6.07) is 4.00. The van der Waals surface area contributed by atoms with Gasteiger partial charge in [0, 0.05) is 5.56 Å². The van der Waals surface area contributed by atoms with E-state index < -0.39 is 5.82 Å². The number of amides is 1.